The fraction of sp³-hybridized carbons (Fsp3) is 0.333. The van der Waals surface area contributed by atoms with Crippen LogP contribution in [-0.2, 0) is 11.8 Å². The number of thioether (sulfide) groups is 1. The summed E-state index contributed by atoms with van der Waals surface area (Å²) in [6, 6.07) is 7.19. The number of urea groups is 1. The average Bonchev–Trinajstić information content (AvgIpc) is 3.18. The molecule has 1 aliphatic heterocycles. The summed E-state index contributed by atoms with van der Waals surface area (Å²) in [7, 11) is 3.43. The van der Waals surface area contributed by atoms with Crippen molar-refractivity contribution in [3.63, 3.8) is 0 Å². The molecule has 2 heterocycles. The lowest BCUT2D eigenvalue weighted by Crippen LogP contribution is -2.35. The van der Waals surface area contributed by atoms with Gasteiger partial charge in [-0.25, -0.2) is 4.79 Å². The van der Waals surface area contributed by atoms with Crippen LogP contribution in [0.2, 0.25) is 0 Å². The first-order valence-electron chi connectivity index (χ1n) is 7.35. The number of imide groups is 1. The lowest BCUT2D eigenvalue weighted by molar-refractivity contribution is -0.124. The molecule has 0 saturated carbocycles. The van der Waals surface area contributed by atoms with Gasteiger partial charge < -0.3 is 14.6 Å². The summed E-state index contributed by atoms with van der Waals surface area (Å²) in [5.41, 5.74) is 0.826. The molecular formula is C15H17N5O3S. The minimum absolute atomic E-state index is 0.130. The number of hydrogen-bond acceptors (Lipinski definition) is 6. The lowest BCUT2D eigenvalue weighted by atomic mass is 10.2. The van der Waals surface area contributed by atoms with Crippen molar-refractivity contribution < 1.29 is 14.3 Å². The van der Waals surface area contributed by atoms with Crippen molar-refractivity contribution in [1.82, 2.24) is 25.0 Å². The number of carbonyl (C=O) groups is 2. The van der Waals surface area contributed by atoms with Gasteiger partial charge in [-0.3, -0.25) is 9.69 Å². The van der Waals surface area contributed by atoms with E-state index in [9.17, 15) is 9.59 Å². The van der Waals surface area contributed by atoms with Crippen LogP contribution < -0.4 is 10.1 Å². The van der Waals surface area contributed by atoms with Crippen LogP contribution in [0.3, 0.4) is 0 Å². The van der Waals surface area contributed by atoms with E-state index >= 15 is 0 Å². The number of carbonyl (C=O) groups excluding carboxylic acids is 2. The fourth-order valence-electron chi connectivity index (χ4n) is 2.42. The van der Waals surface area contributed by atoms with E-state index in [4.69, 9.17) is 4.74 Å². The molecule has 0 spiro atoms. The van der Waals surface area contributed by atoms with Crippen molar-refractivity contribution >= 4 is 23.7 Å². The second-order valence-electron chi connectivity index (χ2n) is 5.13. The summed E-state index contributed by atoms with van der Waals surface area (Å²) >= 11 is 1.25. The van der Waals surface area contributed by atoms with Crippen LogP contribution in [0.4, 0.5) is 4.79 Å². The Kier molecular flexibility index (Phi) is 4.70. The van der Waals surface area contributed by atoms with E-state index in [0.29, 0.717) is 29.8 Å². The van der Waals surface area contributed by atoms with Gasteiger partial charge in [0.25, 0.3) is 0 Å². The van der Waals surface area contributed by atoms with Crippen molar-refractivity contribution in [2.24, 2.45) is 7.05 Å². The van der Waals surface area contributed by atoms with Crippen LogP contribution in [0.25, 0.3) is 11.4 Å². The first-order valence-corrected chi connectivity index (χ1v) is 8.34. The number of methoxy groups -OCH3 is 1. The molecule has 24 heavy (non-hydrogen) atoms. The third-order valence-electron chi connectivity index (χ3n) is 3.67. The van der Waals surface area contributed by atoms with Crippen LogP contribution in [0.1, 0.15) is 0 Å². The van der Waals surface area contributed by atoms with E-state index in [0.717, 1.165) is 5.56 Å². The van der Waals surface area contributed by atoms with Crippen LogP contribution in [0.15, 0.2) is 29.4 Å². The first-order chi connectivity index (χ1) is 11.6. The lowest BCUT2D eigenvalue weighted by Gasteiger charge is -2.11. The van der Waals surface area contributed by atoms with E-state index in [1.807, 2.05) is 31.3 Å². The standard InChI is InChI=1S/C15H17N5O3S/c1-19-13(10-5-3-4-6-11(10)23-2)17-18-15(19)24-9-12(21)20-8-7-16-14(20)22/h3-6H,7-9H2,1-2H3,(H,16,22). The zero-order valence-electron chi connectivity index (χ0n) is 13.4. The Morgan fingerprint density at radius 1 is 1.38 bits per heavy atom. The quantitative estimate of drug-likeness (QED) is 0.816. The van der Waals surface area contributed by atoms with Gasteiger partial charge in [0.2, 0.25) is 5.91 Å². The van der Waals surface area contributed by atoms with Gasteiger partial charge in [0.05, 0.1) is 18.4 Å². The SMILES string of the molecule is COc1ccccc1-c1nnc(SCC(=O)N2CCNC2=O)n1C. The number of rotatable bonds is 5. The second-order valence-corrected chi connectivity index (χ2v) is 6.07. The van der Waals surface area contributed by atoms with Crippen molar-refractivity contribution in [3.05, 3.63) is 24.3 Å². The molecule has 1 aromatic heterocycles. The molecule has 9 heteroatoms. The molecule has 1 N–H and O–H groups in total. The highest BCUT2D eigenvalue weighted by Gasteiger charge is 2.26. The summed E-state index contributed by atoms with van der Waals surface area (Å²) in [4.78, 5) is 24.8. The van der Waals surface area contributed by atoms with Crippen molar-refractivity contribution in [2.75, 3.05) is 26.0 Å². The van der Waals surface area contributed by atoms with Crippen LogP contribution >= 0.6 is 11.8 Å². The Balaban J connectivity index is 1.73. The number of nitrogens with one attached hydrogen (secondary N) is 1. The van der Waals surface area contributed by atoms with E-state index in [1.165, 1.54) is 16.7 Å². The van der Waals surface area contributed by atoms with E-state index in [2.05, 4.69) is 15.5 Å². The van der Waals surface area contributed by atoms with Crippen LogP contribution in [0.5, 0.6) is 5.75 Å². The molecule has 0 aliphatic carbocycles. The normalized spacial score (nSPS) is 13.9. The highest BCUT2D eigenvalue weighted by molar-refractivity contribution is 7.99. The molecule has 3 rings (SSSR count). The molecule has 1 fully saturated rings. The molecule has 3 amide bonds. The van der Waals surface area contributed by atoms with Gasteiger partial charge in [0, 0.05) is 20.1 Å². The van der Waals surface area contributed by atoms with Gasteiger partial charge in [0.1, 0.15) is 5.75 Å². The average molecular weight is 347 g/mol. The Morgan fingerprint density at radius 3 is 2.88 bits per heavy atom. The van der Waals surface area contributed by atoms with Gasteiger partial charge in [-0.1, -0.05) is 23.9 Å². The second kappa shape index (κ2) is 6.91. The third kappa shape index (κ3) is 3.07. The molecule has 1 aromatic carbocycles. The number of benzene rings is 1. The molecule has 126 valence electrons. The van der Waals surface area contributed by atoms with Crippen LogP contribution in [0, 0.1) is 0 Å². The number of amides is 3. The van der Waals surface area contributed by atoms with Crippen molar-refractivity contribution in [1.29, 1.82) is 0 Å². The highest BCUT2D eigenvalue weighted by atomic mass is 32.2. The van der Waals surface area contributed by atoms with E-state index in [-0.39, 0.29) is 17.7 Å². The smallest absolute Gasteiger partial charge is 0.324 e. The summed E-state index contributed by atoms with van der Waals surface area (Å²) in [6.45, 7) is 0.903. The summed E-state index contributed by atoms with van der Waals surface area (Å²) in [6.07, 6.45) is 0. The summed E-state index contributed by atoms with van der Waals surface area (Å²) in [5.74, 6) is 1.25. The number of aromatic nitrogens is 3. The molecule has 0 unspecified atom stereocenters. The molecule has 1 saturated heterocycles. The van der Waals surface area contributed by atoms with E-state index < -0.39 is 0 Å². The first kappa shape index (κ1) is 16.3. The maximum atomic E-state index is 12.1. The largest absolute Gasteiger partial charge is 0.496 e. The molecule has 0 atom stereocenters. The van der Waals surface area contributed by atoms with Crippen molar-refractivity contribution in [3.8, 4) is 17.1 Å². The fourth-order valence-corrected chi connectivity index (χ4v) is 3.21. The third-order valence-corrected chi connectivity index (χ3v) is 4.67. The van der Waals surface area contributed by atoms with Gasteiger partial charge in [0.15, 0.2) is 11.0 Å². The Morgan fingerprint density at radius 2 is 2.17 bits per heavy atom. The Bertz CT molecular complexity index is 776. The number of ether oxygens (including phenoxy) is 1. The van der Waals surface area contributed by atoms with Gasteiger partial charge in [-0.2, -0.15) is 0 Å². The predicted octanol–water partition coefficient (Wildman–Crippen LogP) is 1.13. The summed E-state index contributed by atoms with van der Waals surface area (Å²) < 4.78 is 7.15. The minimum atomic E-state index is -0.340. The van der Waals surface area contributed by atoms with Gasteiger partial charge >= 0.3 is 6.03 Å². The topological polar surface area (TPSA) is 89.4 Å². The maximum Gasteiger partial charge on any atom is 0.324 e. The molecule has 2 aromatic rings. The molecule has 8 nitrogen and oxygen atoms in total. The van der Waals surface area contributed by atoms with Gasteiger partial charge in [-0.15, -0.1) is 10.2 Å². The molecule has 1 aliphatic rings. The van der Waals surface area contributed by atoms with Crippen LogP contribution in [-0.4, -0.2) is 57.6 Å². The highest BCUT2D eigenvalue weighted by Crippen LogP contribution is 2.30. The molecular weight excluding hydrogens is 330 g/mol. The summed E-state index contributed by atoms with van der Waals surface area (Å²) in [5, 5.41) is 11.5. The zero-order chi connectivity index (χ0) is 17.1. The minimum Gasteiger partial charge on any atom is -0.496 e. The number of para-hydroxylation sites is 1. The number of hydrogen-bond donors (Lipinski definition) is 1. The predicted molar refractivity (Wildman–Crippen MR) is 88.8 cm³/mol. The number of nitrogens with zero attached hydrogens (tertiary/aromatic N) is 4. The van der Waals surface area contributed by atoms with Crippen molar-refractivity contribution in [2.45, 2.75) is 5.16 Å². The van der Waals surface area contributed by atoms with Gasteiger partial charge in [-0.05, 0) is 12.1 Å². The molecule has 0 radical (unpaired) electrons. The Hall–Kier alpha value is -2.55. The monoisotopic (exact) mass is 347 g/mol. The molecule has 0 bridgehead atoms. The van der Waals surface area contributed by atoms with E-state index in [1.54, 1.807) is 11.7 Å². The zero-order valence-corrected chi connectivity index (χ0v) is 14.2. The Labute approximate surface area is 143 Å². The maximum absolute atomic E-state index is 12.1.